The Morgan fingerprint density at radius 3 is 2.72 bits per heavy atom. The van der Waals surface area contributed by atoms with Crippen molar-refractivity contribution in [1.29, 1.82) is 0 Å². The van der Waals surface area contributed by atoms with E-state index in [0.717, 1.165) is 19.5 Å². The lowest BCUT2D eigenvalue weighted by Crippen LogP contribution is -2.20. The monoisotopic (exact) mass is 246 g/mol. The normalized spacial score (nSPS) is 12.2. The largest absolute Gasteiger partial charge is 0.390 e. The van der Waals surface area contributed by atoms with Crippen LogP contribution < -0.4 is 5.32 Å². The fourth-order valence-corrected chi connectivity index (χ4v) is 2.22. The fraction of sp³-hybridized carbons (Fsp3) is 0.467. The van der Waals surface area contributed by atoms with E-state index in [-0.39, 0.29) is 0 Å². The molecule has 0 unspecified atom stereocenters. The Hall–Kier alpha value is -1.32. The van der Waals surface area contributed by atoms with Crippen molar-refractivity contribution in [2.75, 3.05) is 7.05 Å². The molecule has 2 aromatic rings. The summed E-state index contributed by atoms with van der Waals surface area (Å²) in [6.45, 7) is 5.43. The molecule has 3 heteroatoms. The summed E-state index contributed by atoms with van der Waals surface area (Å²) >= 11 is 0. The van der Waals surface area contributed by atoms with Crippen LogP contribution in [0.4, 0.5) is 0 Å². The Bertz CT molecular complexity index is 523. The number of fused-ring (bicyclic) bond motifs is 1. The van der Waals surface area contributed by atoms with E-state index in [9.17, 15) is 5.11 Å². The SMILES string of the molecule is CNCc1cccc2c1ccn2CCC(C)(C)O. The molecule has 1 aromatic carbocycles. The van der Waals surface area contributed by atoms with Crippen molar-refractivity contribution in [2.24, 2.45) is 0 Å². The van der Waals surface area contributed by atoms with Crippen LogP contribution in [0.15, 0.2) is 30.5 Å². The summed E-state index contributed by atoms with van der Waals surface area (Å²) in [4.78, 5) is 0. The van der Waals surface area contributed by atoms with Crippen LogP contribution in [0.3, 0.4) is 0 Å². The van der Waals surface area contributed by atoms with Gasteiger partial charge in [0.25, 0.3) is 0 Å². The van der Waals surface area contributed by atoms with E-state index in [1.807, 2.05) is 20.9 Å². The number of rotatable bonds is 5. The van der Waals surface area contributed by atoms with Gasteiger partial charge in [0.1, 0.15) is 0 Å². The maximum atomic E-state index is 9.80. The summed E-state index contributed by atoms with van der Waals surface area (Å²) in [6.07, 6.45) is 2.86. The second-order valence-electron chi connectivity index (χ2n) is 5.45. The van der Waals surface area contributed by atoms with Gasteiger partial charge in [0, 0.05) is 30.2 Å². The highest BCUT2D eigenvalue weighted by Gasteiger charge is 2.13. The highest BCUT2D eigenvalue weighted by atomic mass is 16.3. The van der Waals surface area contributed by atoms with Crippen LogP contribution in [0, 0.1) is 0 Å². The van der Waals surface area contributed by atoms with Crippen molar-refractivity contribution in [1.82, 2.24) is 9.88 Å². The molecule has 2 rings (SSSR count). The molecule has 1 heterocycles. The molecule has 0 amide bonds. The first-order chi connectivity index (χ1) is 8.51. The van der Waals surface area contributed by atoms with Crippen LogP contribution in [0.2, 0.25) is 0 Å². The number of aliphatic hydroxyl groups is 1. The van der Waals surface area contributed by atoms with Gasteiger partial charge in [-0.05, 0) is 45.0 Å². The number of nitrogens with zero attached hydrogens (tertiary/aromatic N) is 1. The number of hydrogen-bond donors (Lipinski definition) is 2. The molecule has 0 radical (unpaired) electrons. The first kappa shape index (κ1) is 13.1. The predicted molar refractivity (Wildman–Crippen MR) is 75.6 cm³/mol. The van der Waals surface area contributed by atoms with Crippen LogP contribution in [0.25, 0.3) is 10.9 Å². The van der Waals surface area contributed by atoms with Gasteiger partial charge in [-0.25, -0.2) is 0 Å². The molecule has 1 aromatic heterocycles. The van der Waals surface area contributed by atoms with Gasteiger partial charge < -0.3 is 15.0 Å². The number of hydrogen-bond acceptors (Lipinski definition) is 2. The van der Waals surface area contributed by atoms with E-state index in [1.165, 1.54) is 16.5 Å². The molecule has 0 saturated heterocycles. The average molecular weight is 246 g/mol. The molecule has 0 aliphatic heterocycles. The first-order valence-corrected chi connectivity index (χ1v) is 6.45. The van der Waals surface area contributed by atoms with Crippen LogP contribution in [-0.4, -0.2) is 22.3 Å². The summed E-state index contributed by atoms with van der Waals surface area (Å²) in [5.74, 6) is 0. The molecule has 98 valence electrons. The Kier molecular flexibility index (Phi) is 3.73. The molecule has 0 aliphatic carbocycles. The minimum atomic E-state index is -0.612. The van der Waals surface area contributed by atoms with Crippen molar-refractivity contribution in [3.63, 3.8) is 0 Å². The summed E-state index contributed by atoms with van der Waals surface area (Å²) in [6, 6.07) is 8.54. The lowest BCUT2D eigenvalue weighted by atomic mass is 10.1. The Balaban J connectivity index is 2.28. The van der Waals surface area contributed by atoms with Crippen molar-refractivity contribution in [3.05, 3.63) is 36.0 Å². The van der Waals surface area contributed by atoms with Crippen LogP contribution in [0.5, 0.6) is 0 Å². The smallest absolute Gasteiger partial charge is 0.0608 e. The molecule has 0 saturated carbocycles. The second-order valence-corrected chi connectivity index (χ2v) is 5.45. The van der Waals surface area contributed by atoms with Crippen molar-refractivity contribution in [3.8, 4) is 0 Å². The minimum Gasteiger partial charge on any atom is -0.390 e. The van der Waals surface area contributed by atoms with Gasteiger partial charge >= 0.3 is 0 Å². The lowest BCUT2D eigenvalue weighted by Gasteiger charge is -2.17. The zero-order valence-corrected chi connectivity index (χ0v) is 11.4. The molecular weight excluding hydrogens is 224 g/mol. The van der Waals surface area contributed by atoms with Gasteiger partial charge in [-0.3, -0.25) is 0 Å². The summed E-state index contributed by atoms with van der Waals surface area (Å²) in [5, 5.41) is 14.3. The minimum absolute atomic E-state index is 0.612. The van der Waals surface area contributed by atoms with Crippen molar-refractivity contribution >= 4 is 10.9 Å². The zero-order chi connectivity index (χ0) is 13.2. The molecule has 0 aliphatic rings. The summed E-state index contributed by atoms with van der Waals surface area (Å²) in [7, 11) is 1.96. The molecule has 18 heavy (non-hydrogen) atoms. The van der Waals surface area contributed by atoms with Gasteiger partial charge in [0.15, 0.2) is 0 Å². The highest BCUT2D eigenvalue weighted by Crippen LogP contribution is 2.21. The van der Waals surface area contributed by atoms with Gasteiger partial charge in [0.2, 0.25) is 0 Å². The van der Waals surface area contributed by atoms with Crippen molar-refractivity contribution < 1.29 is 5.11 Å². The molecule has 0 bridgehead atoms. The van der Waals surface area contributed by atoms with E-state index in [1.54, 1.807) is 0 Å². The summed E-state index contributed by atoms with van der Waals surface area (Å²) in [5.41, 5.74) is 1.95. The van der Waals surface area contributed by atoms with Crippen molar-refractivity contribution in [2.45, 2.75) is 39.0 Å². The molecule has 2 N–H and O–H groups in total. The maximum absolute atomic E-state index is 9.80. The van der Waals surface area contributed by atoms with E-state index >= 15 is 0 Å². The van der Waals surface area contributed by atoms with Crippen LogP contribution in [-0.2, 0) is 13.1 Å². The van der Waals surface area contributed by atoms with Gasteiger partial charge in [-0.15, -0.1) is 0 Å². The van der Waals surface area contributed by atoms with E-state index in [4.69, 9.17) is 0 Å². The Morgan fingerprint density at radius 1 is 1.28 bits per heavy atom. The average Bonchev–Trinajstić information content (AvgIpc) is 2.70. The van der Waals surface area contributed by atoms with E-state index in [0.29, 0.717) is 0 Å². The Labute approximate surface area is 108 Å². The van der Waals surface area contributed by atoms with Gasteiger partial charge in [0.05, 0.1) is 5.60 Å². The number of aryl methyl sites for hydroxylation is 1. The molecule has 0 fully saturated rings. The molecule has 3 nitrogen and oxygen atoms in total. The van der Waals surface area contributed by atoms with E-state index < -0.39 is 5.60 Å². The number of nitrogens with one attached hydrogen (secondary N) is 1. The van der Waals surface area contributed by atoms with Crippen LogP contribution in [0.1, 0.15) is 25.8 Å². The fourth-order valence-electron chi connectivity index (χ4n) is 2.22. The Morgan fingerprint density at radius 2 is 2.06 bits per heavy atom. The highest BCUT2D eigenvalue weighted by molar-refractivity contribution is 5.83. The standard InChI is InChI=1S/C15H22N2O/c1-15(2,18)8-10-17-9-7-13-12(11-16-3)5-4-6-14(13)17/h4-7,9,16,18H,8,10-11H2,1-3H3. The lowest BCUT2D eigenvalue weighted by molar-refractivity contribution is 0.0666. The zero-order valence-electron chi connectivity index (χ0n) is 11.4. The quantitative estimate of drug-likeness (QED) is 0.850. The number of aromatic nitrogens is 1. The third-order valence-electron chi connectivity index (χ3n) is 3.24. The second kappa shape index (κ2) is 5.12. The van der Waals surface area contributed by atoms with E-state index in [2.05, 4.69) is 40.3 Å². The maximum Gasteiger partial charge on any atom is 0.0608 e. The molecule has 0 atom stereocenters. The third kappa shape index (κ3) is 2.92. The van der Waals surface area contributed by atoms with Gasteiger partial charge in [-0.1, -0.05) is 12.1 Å². The number of benzene rings is 1. The molecule has 0 spiro atoms. The summed E-state index contributed by atoms with van der Waals surface area (Å²) < 4.78 is 2.21. The van der Waals surface area contributed by atoms with Crippen LogP contribution >= 0.6 is 0 Å². The first-order valence-electron chi connectivity index (χ1n) is 6.45. The topological polar surface area (TPSA) is 37.2 Å². The molecular formula is C15H22N2O. The predicted octanol–water partition coefficient (Wildman–Crippen LogP) is 2.52. The third-order valence-corrected chi connectivity index (χ3v) is 3.24. The van der Waals surface area contributed by atoms with Gasteiger partial charge in [-0.2, -0.15) is 0 Å².